The number of methoxy groups -OCH3 is 1. The molecule has 1 atom stereocenters. The summed E-state index contributed by atoms with van der Waals surface area (Å²) in [4.78, 5) is 11.3. The minimum absolute atomic E-state index is 0.296. The van der Waals surface area contributed by atoms with Crippen LogP contribution < -0.4 is 5.73 Å². The van der Waals surface area contributed by atoms with Crippen LogP contribution in [0.3, 0.4) is 0 Å². The number of nitrogen functional groups attached to an aromatic ring is 1. The molecule has 3 N–H and O–H groups in total. The van der Waals surface area contributed by atoms with E-state index in [1.807, 2.05) is 0 Å². The predicted molar refractivity (Wildman–Crippen MR) is 59.2 cm³/mol. The van der Waals surface area contributed by atoms with Crippen LogP contribution in [0.15, 0.2) is 18.2 Å². The quantitative estimate of drug-likeness (QED) is 0.447. The Morgan fingerprint density at radius 2 is 2.27 bits per heavy atom. The molecule has 0 saturated carbocycles. The monoisotopic (exact) mass is 206 g/mol. The molecule has 4 heteroatoms. The van der Waals surface area contributed by atoms with Gasteiger partial charge in [0.25, 0.3) is 0 Å². The third kappa shape index (κ3) is 2.34. The summed E-state index contributed by atoms with van der Waals surface area (Å²) in [5, 5.41) is 7.15. The molecule has 1 aromatic carbocycles. The van der Waals surface area contributed by atoms with E-state index in [9.17, 15) is 4.79 Å². The van der Waals surface area contributed by atoms with Crippen molar-refractivity contribution < 1.29 is 9.53 Å². The molecule has 80 valence electrons. The average Bonchev–Trinajstić information content (AvgIpc) is 2.27. The molecule has 0 amide bonds. The normalized spacial score (nSPS) is 11.9. The lowest BCUT2D eigenvalue weighted by atomic mass is 9.98. The second kappa shape index (κ2) is 4.59. The summed E-state index contributed by atoms with van der Waals surface area (Å²) in [6, 6.07) is 5.18. The predicted octanol–water partition coefficient (Wildman–Crippen LogP) is 1.54. The summed E-state index contributed by atoms with van der Waals surface area (Å²) in [7, 11) is 1.35. The number of ether oxygens (including phenoxy) is 1. The third-order valence-electron chi connectivity index (χ3n) is 2.32. The second-order valence-electron chi connectivity index (χ2n) is 3.28. The molecule has 0 aliphatic rings. The molecule has 0 bridgehead atoms. The maximum atomic E-state index is 11.3. The van der Waals surface area contributed by atoms with Gasteiger partial charge in [-0.3, -0.25) is 4.79 Å². The van der Waals surface area contributed by atoms with Crippen molar-refractivity contribution in [3.05, 3.63) is 29.3 Å². The van der Waals surface area contributed by atoms with Crippen LogP contribution >= 0.6 is 0 Å². The zero-order valence-corrected chi connectivity index (χ0v) is 8.78. The Morgan fingerprint density at radius 3 is 2.80 bits per heavy atom. The van der Waals surface area contributed by atoms with Gasteiger partial charge in [0.1, 0.15) is 0 Å². The van der Waals surface area contributed by atoms with Crippen LogP contribution in [-0.4, -0.2) is 19.3 Å². The highest BCUT2D eigenvalue weighted by Crippen LogP contribution is 2.20. The van der Waals surface area contributed by atoms with Crippen molar-refractivity contribution in [1.82, 2.24) is 0 Å². The number of carbonyl (C=O) groups is 1. The minimum Gasteiger partial charge on any atom is -0.469 e. The lowest BCUT2D eigenvalue weighted by Crippen LogP contribution is -2.11. The molecule has 0 aromatic heterocycles. The maximum Gasteiger partial charge on any atom is 0.312 e. The number of carbonyl (C=O) groups excluding carboxylic acids is 1. The van der Waals surface area contributed by atoms with Crippen LogP contribution in [0.5, 0.6) is 0 Å². The molecular formula is C11H14N2O2. The molecule has 0 saturated heterocycles. The highest BCUT2D eigenvalue weighted by Gasteiger charge is 2.15. The number of nitrogens with one attached hydrogen (secondary N) is 1. The molecule has 1 aromatic rings. The Labute approximate surface area is 88.6 Å². The van der Waals surface area contributed by atoms with E-state index in [1.165, 1.54) is 13.3 Å². The van der Waals surface area contributed by atoms with Gasteiger partial charge < -0.3 is 15.9 Å². The first-order chi connectivity index (χ1) is 7.10. The highest BCUT2D eigenvalue weighted by molar-refractivity contribution is 5.86. The van der Waals surface area contributed by atoms with Gasteiger partial charge in [-0.25, -0.2) is 0 Å². The summed E-state index contributed by atoms with van der Waals surface area (Å²) in [6.45, 7) is 1.76. The van der Waals surface area contributed by atoms with Crippen LogP contribution in [0.4, 0.5) is 5.69 Å². The van der Waals surface area contributed by atoms with Crippen LogP contribution in [0.25, 0.3) is 0 Å². The zero-order chi connectivity index (χ0) is 11.4. The lowest BCUT2D eigenvalue weighted by Gasteiger charge is -2.10. The van der Waals surface area contributed by atoms with Gasteiger partial charge in [-0.05, 0) is 24.6 Å². The van der Waals surface area contributed by atoms with Crippen molar-refractivity contribution in [2.45, 2.75) is 12.8 Å². The first-order valence-corrected chi connectivity index (χ1v) is 4.58. The van der Waals surface area contributed by atoms with Gasteiger partial charge in [0.15, 0.2) is 0 Å². The van der Waals surface area contributed by atoms with E-state index in [-0.39, 0.29) is 11.9 Å². The van der Waals surface area contributed by atoms with Crippen molar-refractivity contribution in [2.24, 2.45) is 0 Å². The van der Waals surface area contributed by atoms with Gasteiger partial charge in [0.2, 0.25) is 0 Å². The molecular weight excluding hydrogens is 192 g/mol. The molecule has 0 spiro atoms. The van der Waals surface area contributed by atoms with Gasteiger partial charge in [-0.1, -0.05) is 6.07 Å². The van der Waals surface area contributed by atoms with Crippen molar-refractivity contribution in [3.63, 3.8) is 0 Å². The molecule has 0 radical (unpaired) electrons. The van der Waals surface area contributed by atoms with Gasteiger partial charge in [0, 0.05) is 17.5 Å². The number of benzene rings is 1. The number of nitrogens with two attached hydrogens (primary N) is 1. The molecule has 1 rings (SSSR count). The minimum atomic E-state index is -0.339. The van der Waals surface area contributed by atoms with Crippen LogP contribution in [0, 0.1) is 5.41 Å². The summed E-state index contributed by atoms with van der Waals surface area (Å²) in [5.41, 5.74) is 7.59. The van der Waals surface area contributed by atoms with Crippen LogP contribution in [0.2, 0.25) is 0 Å². The number of rotatable bonds is 3. The fourth-order valence-electron chi connectivity index (χ4n) is 1.30. The first kappa shape index (κ1) is 11.2. The van der Waals surface area contributed by atoms with Crippen molar-refractivity contribution in [1.29, 1.82) is 5.41 Å². The van der Waals surface area contributed by atoms with Crippen LogP contribution in [0.1, 0.15) is 24.0 Å². The summed E-state index contributed by atoms with van der Waals surface area (Å²) >= 11 is 0. The molecule has 4 nitrogen and oxygen atoms in total. The van der Waals surface area contributed by atoms with E-state index in [0.717, 1.165) is 5.56 Å². The molecule has 0 fully saturated rings. The van der Waals surface area contributed by atoms with Gasteiger partial charge >= 0.3 is 5.97 Å². The van der Waals surface area contributed by atoms with Gasteiger partial charge in [-0.15, -0.1) is 0 Å². The summed E-state index contributed by atoms with van der Waals surface area (Å²) < 4.78 is 4.64. The number of esters is 1. The number of anilines is 1. The van der Waals surface area contributed by atoms with Crippen molar-refractivity contribution in [2.75, 3.05) is 12.8 Å². The van der Waals surface area contributed by atoms with E-state index in [2.05, 4.69) is 4.74 Å². The standard InChI is InChI=1S/C11H14N2O2/c1-7(11(14)15-2)8-3-4-10(13)9(5-8)6-12/h3-7,12H,13H2,1-2H3. The zero-order valence-electron chi connectivity index (χ0n) is 8.78. The molecule has 1 unspecified atom stereocenters. The highest BCUT2D eigenvalue weighted by atomic mass is 16.5. The molecule has 15 heavy (non-hydrogen) atoms. The first-order valence-electron chi connectivity index (χ1n) is 4.58. The summed E-state index contributed by atoms with van der Waals surface area (Å²) in [6.07, 6.45) is 1.17. The lowest BCUT2D eigenvalue weighted by molar-refractivity contribution is -0.141. The van der Waals surface area contributed by atoms with Crippen molar-refractivity contribution >= 4 is 17.9 Å². The number of hydrogen-bond acceptors (Lipinski definition) is 4. The molecule has 0 heterocycles. The van der Waals surface area contributed by atoms with E-state index in [1.54, 1.807) is 25.1 Å². The Morgan fingerprint density at radius 1 is 1.60 bits per heavy atom. The van der Waals surface area contributed by atoms with Gasteiger partial charge in [-0.2, -0.15) is 0 Å². The largest absolute Gasteiger partial charge is 0.469 e. The van der Waals surface area contributed by atoms with Gasteiger partial charge in [0.05, 0.1) is 13.0 Å². The van der Waals surface area contributed by atoms with E-state index in [0.29, 0.717) is 11.3 Å². The second-order valence-corrected chi connectivity index (χ2v) is 3.28. The van der Waals surface area contributed by atoms with E-state index >= 15 is 0 Å². The fraction of sp³-hybridized carbons (Fsp3) is 0.273. The molecule has 0 aliphatic carbocycles. The number of hydrogen-bond donors (Lipinski definition) is 2. The Balaban J connectivity index is 3.05. The third-order valence-corrected chi connectivity index (χ3v) is 2.32. The SMILES string of the molecule is COC(=O)C(C)c1ccc(N)c(C=N)c1. The van der Waals surface area contributed by atoms with Crippen LogP contribution in [-0.2, 0) is 9.53 Å². The topological polar surface area (TPSA) is 76.2 Å². The fourth-order valence-corrected chi connectivity index (χ4v) is 1.30. The maximum absolute atomic E-state index is 11.3. The Kier molecular flexibility index (Phi) is 3.44. The average molecular weight is 206 g/mol. The summed E-state index contributed by atoms with van der Waals surface area (Å²) in [5.74, 6) is -0.634. The smallest absolute Gasteiger partial charge is 0.312 e. The Hall–Kier alpha value is -1.84. The van der Waals surface area contributed by atoms with E-state index in [4.69, 9.17) is 11.1 Å². The molecule has 0 aliphatic heterocycles. The van der Waals surface area contributed by atoms with E-state index < -0.39 is 0 Å². The Bertz CT molecular complexity index is 388. The van der Waals surface area contributed by atoms with Crippen molar-refractivity contribution in [3.8, 4) is 0 Å².